The van der Waals surface area contributed by atoms with E-state index in [2.05, 4.69) is 0 Å². The van der Waals surface area contributed by atoms with Crippen molar-refractivity contribution in [3.8, 4) is 5.75 Å². The second kappa shape index (κ2) is 5.66. The standard InChI is InChI=1S/C14H16O5S/c1-8(2)19-12-10-7-9(17-3)5-6-11(10)20(16)13(12)14(15)18-4/h5-8H,1-4H3. The van der Waals surface area contributed by atoms with Crippen LogP contribution in [0.1, 0.15) is 19.4 Å². The summed E-state index contributed by atoms with van der Waals surface area (Å²) in [5.41, 5.74) is 0.608. The van der Waals surface area contributed by atoms with Gasteiger partial charge in [-0.25, -0.2) is 9.00 Å². The summed E-state index contributed by atoms with van der Waals surface area (Å²) in [4.78, 5) is 12.4. The van der Waals surface area contributed by atoms with Gasteiger partial charge in [-0.15, -0.1) is 0 Å². The molecule has 0 fully saturated rings. The Kier molecular flexibility index (Phi) is 4.13. The van der Waals surface area contributed by atoms with Gasteiger partial charge in [0.05, 0.1) is 36.0 Å². The Morgan fingerprint density at radius 2 is 1.95 bits per heavy atom. The SMILES string of the molecule is COC(=O)C1=C(OC(C)C)c2cc(OC)ccc2S1=O. The van der Waals surface area contributed by atoms with Crippen molar-refractivity contribution in [3.05, 3.63) is 28.7 Å². The molecule has 1 unspecified atom stereocenters. The molecule has 1 atom stereocenters. The number of esters is 1. The van der Waals surface area contributed by atoms with Gasteiger partial charge < -0.3 is 14.2 Å². The Morgan fingerprint density at radius 3 is 2.50 bits per heavy atom. The summed E-state index contributed by atoms with van der Waals surface area (Å²) >= 11 is 0. The van der Waals surface area contributed by atoms with Gasteiger partial charge in [-0.2, -0.15) is 0 Å². The van der Waals surface area contributed by atoms with Gasteiger partial charge in [0.25, 0.3) is 0 Å². The van der Waals surface area contributed by atoms with Gasteiger partial charge in [-0.05, 0) is 32.0 Å². The first-order valence-corrected chi connectivity index (χ1v) is 7.24. The topological polar surface area (TPSA) is 61.8 Å². The van der Waals surface area contributed by atoms with Crippen LogP contribution in [0.4, 0.5) is 0 Å². The van der Waals surface area contributed by atoms with E-state index in [-0.39, 0.29) is 11.0 Å². The van der Waals surface area contributed by atoms with Crippen LogP contribution in [0.15, 0.2) is 28.0 Å². The minimum absolute atomic E-state index is 0.0458. The lowest BCUT2D eigenvalue weighted by atomic mass is 10.1. The second-order valence-electron chi connectivity index (χ2n) is 4.45. The average Bonchev–Trinajstić information content (AvgIpc) is 2.70. The van der Waals surface area contributed by atoms with Gasteiger partial charge >= 0.3 is 5.97 Å². The quantitative estimate of drug-likeness (QED) is 0.796. The van der Waals surface area contributed by atoms with Crippen molar-refractivity contribution in [1.82, 2.24) is 0 Å². The van der Waals surface area contributed by atoms with Crippen molar-refractivity contribution in [2.24, 2.45) is 0 Å². The molecule has 1 aliphatic rings. The van der Waals surface area contributed by atoms with Crippen LogP contribution >= 0.6 is 0 Å². The van der Waals surface area contributed by atoms with Crippen LogP contribution in [0.3, 0.4) is 0 Å². The molecule has 5 nitrogen and oxygen atoms in total. The summed E-state index contributed by atoms with van der Waals surface area (Å²) in [7, 11) is 1.20. The Labute approximate surface area is 120 Å². The zero-order valence-corrected chi connectivity index (χ0v) is 12.6. The molecule has 0 amide bonds. The van der Waals surface area contributed by atoms with Gasteiger partial charge in [0.1, 0.15) is 5.75 Å². The molecular weight excluding hydrogens is 280 g/mol. The molecule has 1 aromatic rings. The van der Waals surface area contributed by atoms with E-state index in [0.717, 1.165) is 0 Å². The largest absolute Gasteiger partial charge is 0.497 e. The van der Waals surface area contributed by atoms with Gasteiger partial charge in [0.2, 0.25) is 0 Å². The molecule has 0 aliphatic carbocycles. The first-order chi connectivity index (χ1) is 9.49. The monoisotopic (exact) mass is 296 g/mol. The summed E-state index contributed by atoms with van der Waals surface area (Å²) < 4.78 is 28.0. The molecule has 0 bridgehead atoms. The molecule has 0 N–H and O–H groups in total. The van der Waals surface area contributed by atoms with Crippen LogP contribution < -0.4 is 4.74 Å². The molecule has 20 heavy (non-hydrogen) atoms. The van der Waals surface area contributed by atoms with Crippen molar-refractivity contribution < 1.29 is 23.2 Å². The van der Waals surface area contributed by atoms with Gasteiger partial charge in [-0.3, -0.25) is 0 Å². The van der Waals surface area contributed by atoms with Gasteiger partial charge in [0.15, 0.2) is 10.7 Å². The number of carbonyl (C=O) groups excluding carboxylic acids is 1. The highest BCUT2D eigenvalue weighted by Gasteiger charge is 2.36. The van der Waals surface area contributed by atoms with E-state index in [0.29, 0.717) is 22.0 Å². The van der Waals surface area contributed by atoms with Crippen molar-refractivity contribution >= 4 is 22.5 Å². The smallest absolute Gasteiger partial charge is 0.351 e. The summed E-state index contributed by atoms with van der Waals surface area (Å²) in [6.07, 6.45) is -0.154. The number of benzene rings is 1. The van der Waals surface area contributed by atoms with Crippen LogP contribution in [-0.2, 0) is 25.1 Å². The molecule has 1 heterocycles. The minimum Gasteiger partial charge on any atom is -0.497 e. The zero-order chi connectivity index (χ0) is 14.9. The maximum Gasteiger partial charge on any atom is 0.351 e. The molecule has 0 radical (unpaired) electrons. The molecule has 1 aromatic carbocycles. The predicted octanol–water partition coefficient (Wildman–Crippen LogP) is 2.08. The predicted molar refractivity (Wildman–Crippen MR) is 74.6 cm³/mol. The lowest BCUT2D eigenvalue weighted by molar-refractivity contribution is -0.135. The average molecular weight is 296 g/mol. The van der Waals surface area contributed by atoms with E-state index in [1.807, 2.05) is 13.8 Å². The third kappa shape index (κ3) is 2.43. The van der Waals surface area contributed by atoms with Gasteiger partial charge in [-0.1, -0.05) is 0 Å². The van der Waals surface area contributed by atoms with E-state index in [9.17, 15) is 9.00 Å². The van der Waals surface area contributed by atoms with Crippen molar-refractivity contribution in [1.29, 1.82) is 0 Å². The normalized spacial score (nSPS) is 17.1. The minimum atomic E-state index is -1.60. The van der Waals surface area contributed by atoms with Crippen molar-refractivity contribution in [2.75, 3.05) is 14.2 Å². The second-order valence-corrected chi connectivity index (χ2v) is 5.83. The Morgan fingerprint density at radius 1 is 1.25 bits per heavy atom. The maximum atomic E-state index is 12.4. The molecule has 108 valence electrons. The molecule has 1 aliphatic heterocycles. The van der Waals surface area contributed by atoms with E-state index in [4.69, 9.17) is 14.2 Å². The third-order valence-corrected chi connectivity index (χ3v) is 4.23. The van der Waals surface area contributed by atoms with E-state index >= 15 is 0 Å². The molecule has 0 saturated carbocycles. The Balaban J connectivity index is 2.61. The summed E-state index contributed by atoms with van der Waals surface area (Å²) in [6.45, 7) is 3.67. The summed E-state index contributed by atoms with van der Waals surface area (Å²) in [5.74, 6) is 0.268. The molecule has 0 spiro atoms. The summed E-state index contributed by atoms with van der Waals surface area (Å²) in [6, 6.07) is 5.08. The molecule has 0 aromatic heterocycles. The van der Waals surface area contributed by atoms with E-state index in [1.54, 1.807) is 25.3 Å². The Hall–Kier alpha value is -1.82. The molecule has 0 saturated heterocycles. The molecule has 6 heteroatoms. The zero-order valence-electron chi connectivity index (χ0n) is 11.8. The van der Waals surface area contributed by atoms with Crippen molar-refractivity contribution in [2.45, 2.75) is 24.8 Å². The number of hydrogen-bond donors (Lipinski definition) is 0. The maximum absolute atomic E-state index is 12.4. The number of methoxy groups -OCH3 is 2. The lowest BCUT2D eigenvalue weighted by Crippen LogP contribution is -2.10. The van der Waals surface area contributed by atoms with E-state index < -0.39 is 16.8 Å². The number of fused-ring (bicyclic) bond motifs is 1. The van der Waals surface area contributed by atoms with Crippen LogP contribution in [0.25, 0.3) is 5.76 Å². The lowest BCUT2D eigenvalue weighted by Gasteiger charge is -2.13. The fourth-order valence-electron chi connectivity index (χ4n) is 1.91. The van der Waals surface area contributed by atoms with Crippen LogP contribution in [0, 0.1) is 0 Å². The number of carbonyl (C=O) groups is 1. The first kappa shape index (κ1) is 14.6. The number of ether oxygens (including phenoxy) is 3. The van der Waals surface area contributed by atoms with Gasteiger partial charge in [0, 0.05) is 5.56 Å². The Bertz CT molecular complexity index is 604. The molecule has 2 rings (SSSR count). The fourth-order valence-corrected chi connectivity index (χ4v) is 3.23. The number of rotatable bonds is 4. The fraction of sp³-hybridized carbons (Fsp3) is 0.357. The first-order valence-electron chi connectivity index (χ1n) is 6.09. The van der Waals surface area contributed by atoms with E-state index in [1.165, 1.54) is 7.11 Å². The van der Waals surface area contributed by atoms with Crippen LogP contribution in [0.5, 0.6) is 5.75 Å². The highest BCUT2D eigenvalue weighted by atomic mass is 32.2. The molecular formula is C14H16O5S. The summed E-state index contributed by atoms with van der Waals surface area (Å²) in [5, 5.41) is 0. The third-order valence-electron chi connectivity index (χ3n) is 2.75. The highest BCUT2D eigenvalue weighted by Crippen LogP contribution is 2.40. The van der Waals surface area contributed by atoms with Crippen LogP contribution in [-0.4, -0.2) is 30.5 Å². The highest BCUT2D eigenvalue weighted by molar-refractivity contribution is 7.90. The number of hydrogen-bond acceptors (Lipinski definition) is 5. The van der Waals surface area contributed by atoms with Crippen LogP contribution in [0.2, 0.25) is 0 Å². The van der Waals surface area contributed by atoms with Crippen molar-refractivity contribution in [3.63, 3.8) is 0 Å².